The topological polar surface area (TPSA) is 72.2 Å². The van der Waals surface area contributed by atoms with Crippen molar-refractivity contribution in [1.82, 2.24) is 24.0 Å². The van der Waals surface area contributed by atoms with Crippen molar-refractivity contribution in [2.24, 2.45) is 0 Å². The van der Waals surface area contributed by atoms with Gasteiger partial charge in [-0.05, 0) is 61.5 Å². The van der Waals surface area contributed by atoms with Gasteiger partial charge in [-0.2, -0.15) is 5.10 Å². The van der Waals surface area contributed by atoms with Crippen LogP contribution in [0, 0.1) is 10.6 Å². The minimum Gasteiger partial charge on any atom is -0.284 e. The van der Waals surface area contributed by atoms with Gasteiger partial charge in [0, 0.05) is 24.8 Å². The lowest BCUT2D eigenvalue weighted by atomic mass is 10.1. The van der Waals surface area contributed by atoms with E-state index in [1.165, 1.54) is 12.1 Å². The van der Waals surface area contributed by atoms with Crippen molar-refractivity contribution in [2.75, 3.05) is 13.1 Å². The maximum Gasteiger partial charge on any atom is 0.240 e. The summed E-state index contributed by atoms with van der Waals surface area (Å²) in [7, 11) is -3.66. The van der Waals surface area contributed by atoms with E-state index in [4.69, 9.17) is 12.2 Å². The number of hydrogen-bond acceptors (Lipinski definition) is 5. The zero-order valence-electron chi connectivity index (χ0n) is 16.2. The number of hydrogen-bond donors (Lipinski definition) is 1. The van der Waals surface area contributed by atoms with Crippen LogP contribution in [0.1, 0.15) is 12.8 Å². The first-order valence-corrected chi connectivity index (χ1v) is 11.5. The van der Waals surface area contributed by atoms with E-state index in [0.29, 0.717) is 24.3 Å². The van der Waals surface area contributed by atoms with Crippen molar-refractivity contribution in [3.63, 3.8) is 0 Å². The van der Waals surface area contributed by atoms with E-state index in [1.54, 1.807) is 11.0 Å². The maximum absolute atomic E-state index is 13.0. The Morgan fingerprint density at radius 3 is 2.40 bits per heavy atom. The second-order valence-electron chi connectivity index (χ2n) is 7.23. The van der Waals surface area contributed by atoms with Gasteiger partial charge in [0.05, 0.1) is 11.6 Å². The number of para-hydroxylation sites is 1. The van der Waals surface area contributed by atoms with Crippen LogP contribution in [0.3, 0.4) is 0 Å². The van der Waals surface area contributed by atoms with Gasteiger partial charge in [0.25, 0.3) is 0 Å². The molecule has 2 heterocycles. The number of sulfonamides is 1. The fourth-order valence-electron chi connectivity index (χ4n) is 3.48. The first-order chi connectivity index (χ1) is 14.4. The number of aromatic nitrogens is 3. The third-order valence-corrected chi connectivity index (χ3v) is 7.08. The molecule has 4 rings (SSSR count). The van der Waals surface area contributed by atoms with E-state index in [2.05, 4.69) is 14.7 Å². The summed E-state index contributed by atoms with van der Waals surface area (Å²) in [5.74, 6) is -0.462. The number of nitrogens with zero attached hydrogens (tertiary/aromatic N) is 4. The van der Waals surface area contributed by atoms with Gasteiger partial charge in [-0.3, -0.25) is 9.47 Å². The van der Waals surface area contributed by atoms with Crippen molar-refractivity contribution in [1.29, 1.82) is 0 Å². The fraction of sp³-hybridized carbons (Fsp3) is 0.300. The van der Waals surface area contributed by atoms with Crippen LogP contribution in [-0.4, -0.2) is 46.8 Å². The molecule has 0 radical (unpaired) electrons. The number of benzene rings is 2. The van der Waals surface area contributed by atoms with Crippen LogP contribution in [0.5, 0.6) is 0 Å². The quantitative estimate of drug-likeness (QED) is 0.589. The molecule has 0 amide bonds. The summed E-state index contributed by atoms with van der Waals surface area (Å²) in [5.41, 5.74) is 0.961. The molecule has 30 heavy (non-hydrogen) atoms. The molecule has 0 atom stereocenters. The Morgan fingerprint density at radius 2 is 1.73 bits per heavy atom. The molecular weight excluding hydrogens is 425 g/mol. The monoisotopic (exact) mass is 447 g/mol. The van der Waals surface area contributed by atoms with Crippen LogP contribution in [0.2, 0.25) is 0 Å². The first-order valence-electron chi connectivity index (χ1n) is 9.62. The Hall–Kier alpha value is -2.40. The number of likely N-dealkylation sites (tertiary alicyclic amines) is 1. The average molecular weight is 448 g/mol. The Kier molecular flexibility index (Phi) is 6.09. The first kappa shape index (κ1) is 20.9. The fourth-order valence-corrected chi connectivity index (χ4v) is 5.05. The maximum atomic E-state index is 13.0. The molecule has 10 heteroatoms. The predicted octanol–water partition coefficient (Wildman–Crippen LogP) is 2.94. The highest BCUT2D eigenvalue weighted by Crippen LogP contribution is 2.16. The number of rotatable bonds is 6. The van der Waals surface area contributed by atoms with Crippen LogP contribution in [0.25, 0.3) is 5.69 Å². The molecule has 1 aromatic heterocycles. The second-order valence-corrected chi connectivity index (χ2v) is 9.31. The summed E-state index contributed by atoms with van der Waals surface area (Å²) < 4.78 is 45.0. The third kappa shape index (κ3) is 4.67. The molecule has 0 bridgehead atoms. The molecule has 0 unspecified atom stereocenters. The summed E-state index contributed by atoms with van der Waals surface area (Å²) in [6.45, 7) is 1.99. The zero-order chi connectivity index (χ0) is 21.1. The molecule has 1 aliphatic heterocycles. The molecule has 1 fully saturated rings. The SMILES string of the molecule is O=S(=O)(NC1CCN(Cn2ncn(-c3ccccc3)c2=S)CC1)c1ccc(F)cc1. The number of piperidine rings is 1. The highest BCUT2D eigenvalue weighted by atomic mass is 32.2. The predicted molar refractivity (Wildman–Crippen MR) is 114 cm³/mol. The van der Waals surface area contributed by atoms with Crippen molar-refractivity contribution < 1.29 is 12.8 Å². The van der Waals surface area contributed by atoms with Gasteiger partial charge in [0.1, 0.15) is 12.1 Å². The summed E-state index contributed by atoms with van der Waals surface area (Å²) in [5, 5.41) is 4.40. The molecule has 7 nitrogen and oxygen atoms in total. The lowest BCUT2D eigenvalue weighted by Crippen LogP contribution is -2.45. The van der Waals surface area contributed by atoms with Gasteiger partial charge < -0.3 is 0 Å². The van der Waals surface area contributed by atoms with E-state index in [0.717, 1.165) is 30.9 Å². The van der Waals surface area contributed by atoms with Gasteiger partial charge in [0.2, 0.25) is 14.8 Å². The lowest BCUT2D eigenvalue weighted by Gasteiger charge is -2.31. The van der Waals surface area contributed by atoms with Crippen LogP contribution in [0.15, 0.2) is 65.8 Å². The average Bonchev–Trinajstić information content (AvgIpc) is 3.10. The van der Waals surface area contributed by atoms with Crippen LogP contribution < -0.4 is 4.72 Å². The third-order valence-electron chi connectivity index (χ3n) is 5.14. The molecule has 0 aliphatic carbocycles. The van der Waals surface area contributed by atoms with E-state index in [9.17, 15) is 12.8 Å². The molecule has 1 N–H and O–H groups in total. The molecule has 2 aromatic carbocycles. The van der Waals surface area contributed by atoms with Crippen molar-refractivity contribution in [3.05, 3.63) is 71.5 Å². The molecule has 3 aromatic rings. The normalized spacial score (nSPS) is 16.0. The van der Waals surface area contributed by atoms with Crippen LogP contribution >= 0.6 is 12.2 Å². The smallest absolute Gasteiger partial charge is 0.240 e. The summed E-state index contributed by atoms with van der Waals surface area (Å²) >= 11 is 5.55. The van der Waals surface area contributed by atoms with Gasteiger partial charge in [0.15, 0.2) is 0 Å². The van der Waals surface area contributed by atoms with E-state index < -0.39 is 15.8 Å². The molecule has 158 valence electrons. The Bertz CT molecular complexity index is 1150. The highest BCUT2D eigenvalue weighted by molar-refractivity contribution is 7.89. The van der Waals surface area contributed by atoms with Crippen molar-refractivity contribution in [3.8, 4) is 5.69 Å². The lowest BCUT2D eigenvalue weighted by molar-refractivity contribution is 0.157. The molecule has 1 saturated heterocycles. The van der Waals surface area contributed by atoms with Crippen LogP contribution in [0.4, 0.5) is 4.39 Å². The summed E-state index contributed by atoms with van der Waals surface area (Å²) in [4.78, 5) is 2.27. The summed E-state index contributed by atoms with van der Waals surface area (Å²) in [6.07, 6.45) is 3.06. The van der Waals surface area contributed by atoms with Gasteiger partial charge in [-0.15, -0.1) is 0 Å². The Balaban J connectivity index is 1.35. The van der Waals surface area contributed by atoms with Crippen LogP contribution in [-0.2, 0) is 16.7 Å². The van der Waals surface area contributed by atoms with Gasteiger partial charge >= 0.3 is 0 Å². The standard InChI is InChI=1S/C20H22FN5O2S2/c21-16-6-8-19(9-7-16)30(27,28)23-17-10-12-24(13-11-17)15-26-20(29)25(14-22-26)18-4-2-1-3-5-18/h1-9,14,17,23H,10-13,15H2. The Morgan fingerprint density at radius 1 is 1.07 bits per heavy atom. The minimum absolute atomic E-state index is 0.0732. The van der Waals surface area contributed by atoms with Gasteiger partial charge in [-0.1, -0.05) is 18.2 Å². The highest BCUT2D eigenvalue weighted by Gasteiger charge is 2.25. The van der Waals surface area contributed by atoms with E-state index in [1.807, 2.05) is 34.9 Å². The zero-order valence-corrected chi connectivity index (χ0v) is 17.8. The number of halogens is 1. The molecule has 1 aliphatic rings. The largest absolute Gasteiger partial charge is 0.284 e. The second kappa shape index (κ2) is 8.76. The van der Waals surface area contributed by atoms with Gasteiger partial charge in [-0.25, -0.2) is 22.2 Å². The molecular formula is C20H22FN5O2S2. The van der Waals surface area contributed by atoms with E-state index in [-0.39, 0.29) is 10.9 Å². The molecule has 0 saturated carbocycles. The molecule has 0 spiro atoms. The summed E-state index contributed by atoms with van der Waals surface area (Å²) in [6, 6.07) is 14.5. The number of nitrogens with one attached hydrogen (secondary N) is 1. The van der Waals surface area contributed by atoms with Crippen molar-refractivity contribution >= 4 is 22.2 Å². The van der Waals surface area contributed by atoms with E-state index >= 15 is 0 Å². The Labute approximate surface area is 179 Å². The minimum atomic E-state index is -3.66. The van der Waals surface area contributed by atoms with Crippen molar-refractivity contribution in [2.45, 2.75) is 30.4 Å².